The molecular weight excluding hydrogens is 294 g/mol. The highest BCUT2D eigenvalue weighted by molar-refractivity contribution is 5.68. The van der Waals surface area contributed by atoms with E-state index in [1.807, 2.05) is 0 Å². The number of benzene rings is 1. The minimum Gasteiger partial charge on any atom is -0.444 e. The minimum absolute atomic E-state index is 0.0510. The third-order valence-corrected chi connectivity index (χ3v) is 2.53. The first kappa shape index (κ1) is 17.3. The standard InChI is InChI=1S/C13H17N3O6/c1-13(2,3)22-12(17)14-10(8-15(18)19)9-6-4-5-7-11(9)16(20)21/h4-7,10H,8H2,1-3H3,(H,14,17)/t10-/m1/s1. The largest absolute Gasteiger partial charge is 0.444 e. The monoisotopic (exact) mass is 311 g/mol. The molecule has 22 heavy (non-hydrogen) atoms. The Kier molecular flexibility index (Phi) is 5.39. The van der Waals surface area contributed by atoms with Crippen LogP contribution in [0.15, 0.2) is 24.3 Å². The molecule has 0 saturated heterocycles. The van der Waals surface area contributed by atoms with E-state index in [9.17, 15) is 25.0 Å². The van der Waals surface area contributed by atoms with Crippen LogP contribution in [0.3, 0.4) is 0 Å². The third kappa shape index (κ3) is 5.35. The molecule has 0 aliphatic carbocycles. The van der Waals surface area contributed by atoms with Crippen LogP contribution in [0.5, 0.6) is 0 Å². The van der Waals surface area contributed by atoms with Gasteiger partial charge in [-0.25, -0.2) is 4.79 Å². The van der Waals surface area contributed by atoms with Crippen molar-refractivity contribution in [1.29, 1.82) is 0 Å². The van der Waals surface area contributed by atoms with Crippen LogP contribution in [0.2, 0.25) is 0 Å². The Bertz CT molecular complexity index is 581. The number of nitro benzene ring substituents is 1. The SMILES string of the molecule is CC(C)(C)OC(=O)N[C@H](C[N+](=O)[O-])c1ccccc1[N+](=O)[O-]. The Balaban J connectivity index is 3.06. The summed E-state index contributed by atoms with van der Waals surface area (Å²) < 4.78 is 5.03. The molecule has 1 N–H and O–H groups in total. The van der Waals surface area contributed by atoms with Gasteiger partial charge >= 0.3 is 6.09 Å². The quantitative estimate of drug-likeness (QED) is 0.657. The summed E-state index contributed by atoms with van der Waals surface area (Å²) in [6, 6.07) is 4.37. The van der Waals surface area contributed by atoms with Gasteiger partial charge in [-0.1, -0.05) is 12.1 Å². The van der Waals surface area contributed by atoms with Crippen LogP contribution in [0.1, 0.15) is 32.4 Å². The highest BCUT2D eigenvalue weighted by Gasteiger charge is 2.29. The Morgan fingerprint density at radius 2 is 1.86 bits per heavy atom. The van der Waals surface area contributed by atoms with E-state index in [1.165, 1.54) is 24.3 Å². The molecular formula is C13H17N3O6. The number of carbonyl (C=O) groups is 1. The van der Waals surface area contributed by atoms with Crippen LogP contribution in [0, 0.1) is 20.2 Å². The lowest BCUT2D eigenvalue weighted by atomic mass is 10.0. The summed E-state index contributed by atoms with van der Waals surface area (Å²) in [5.74, 6) is 0. The first-order valence-electron chi connectivity index (χ1n) is 6.45. The molecule has 0 saturated carbocycles. The fourth-order valence-corrected chi connectivity index (χ4v) is 1.77. The second-order valence-corrected chi connectivity index (χ2v) is 5.53. The van der Waals surface area contributed by atoms with Crippen molar-refractivity contribution >= 4 is 11.8 Å². The number of ether oxygens (including phenoxy) is 1. The molecule has 0 radical (unpaired) electrons. The number of hydrogen-bond donors (Lipinski definition) is 1. The molecule has 9 heteroatoms. The van der Waals surface area contributed by atoms with E-state index in [2.05, 4.69) is 5.32 Å². The van der Waals surface area contributed by atoms with E-state index < -0.39 is 34.1 Å². The lowest BCUT2D eigenvalue weighted by Crippen LogP contribution is -2.37. The van der Waals surface area contributed by atoms with Gasteiger partial charge < -0.3 is 10.1 Å². The molecule has 0 spiro atoms. The van der Waals surface area contributed by atoms with Crippen LogP contribution < -0.4 is 5.32 Å². The van der Waals surface area contributed by atoms with Crippen molar-refractivity contribution in [3.63, 3.8) is 0 Å². The lowest BCUT2D eigenvalue weighted by Gasteiger charge is -2.22. The van der Waals surface area contributed by atoms with Crippen LogP contribution in [0.4, 0.5) is 10.5 Å². The van der Waals surface area contributed by atoms with Gasteiger partial charge in [0.25, 0.3) is 5.69 Å². The molecule has 1 aromatic carbocycles. The van der Waals surface area contributed by atoms with E-state index in [0.29, 0.717) is 0 Å². The molecule has 1 rings (SSSR count). The zero-order chi connectivity index (χ0) is 16.9. The maximum absolute atomic E-state index is 11.8. The van der Waals surface area contributed by atoms with Gasteiger partial charge in [0.15, 0.2) is 0 Å². The number of alkyl carbamates (subject to hydrolysis) is 1. The fraction of sp³-hybridized carbons (Fsp3) is 0.462. The predicted octanol–water partition coefficient (Wildman–Crippen LogP) is 2.44. The lowest BCUT2D eigenvalue weighted by molar-refractivity contribution is -0.484. The van der Waals surface area contributed by atoms with Gasteiger partial charge in [0.2, 0.25) is 6.54 Å². The van der Waals surface area contributed by atoms with Crippen LogP contribution in [-0.2, 0) is 4.74 Å². The number of hydrogen-bond acceptors (Lipinski definition) is 6. The maximum Gasteiger partial charge on any atom is 0.408 e. The van der Waals surface area contributed by atoms with E-state index in [-0.39, 0.29) is 11.3 Å². The van der Waals surface area contributed by atoms with Crippen LogP contribution in [-0.4, -0.2) is 28.1 Å². The Morgan fingerprint density at radius 3 is 2.36 bits per heavy atom. The average molecular weight is 311 g/mol. The number of amides is 1. The van der Waals surface area contributed by atoms with Crippen molar-refractivity contribution in [2.24, 2.45) is 0 Å². The summed E-state index contributed by atoms with van der Waals surface area (Å²) >= 11 is 0. The van der Waals surface area contributed by atoms with Gasteiger partial charge in [0, 0.05) is 11.0 Å². The molecule has 1 amide bonds. The maximum atomic E-state index is 11.8. The molecule has 0 bridgehead atoms. The summed E-state index contributed by atoms with van der Waals surface area (Å²) in [6.45, 7) is 4.23. The van der Waals surface area contributed by atoms with Gasteiger partial charge in [-0.2, -0.15) is 0 Å². The number of para-hydroxylation sites is 1. The second-order valence-electron chi connectivity index (χ2n) is 5.53. The molecule has 120 valence electrons. The summed E-state index contributed by atoms with van der Waals surface area (Å²) in [7, 11) is 0. The van der Waals surface area contributed by atoms with Gasteiger partial charge in [0.05, 0.1) is 10.5 Å². The molecule has 9 nitrogen and oxygen atoms in total. The van der Waals surface area contributed by atoms with Gasteiger partial charge in [-0.3, -0.25) is 20.2 Å². The minimum atomic E-state index is -1.16. The molecule has 0 aliphatic rings. The zero-order valence-corrected chi connectivity index (χ0v) is 12.4. The van der Waals surface area contributed by atoms with Crippen molar-refractivity contribution in [2.75, 3.05) is 6.54 Å². The average Bonchev–Trinajstić information content (AvgIpc) is 2.35. The third-order valence-electron chi connectivity index (χ3n) is 2.53. The van der Waals surface area contributed by atoms with Crippen molar-refractivity contribution in [2.45, 2.75) is 32.4 Å². The summed E-state index contributed by atoms with van der Waals surface area (Å²) in [5.41, 5.74) is -1.04. The molecule has 1 atom stereocenters. The topological polar surface area (TPSA) is 125 Å². The van der Waals surface area contributed by atoms with Gasteiger partial charge in [-0.05, 0) is 26.8 Å². The normalized spacial score (nSPS) is 12.3. The highest BCUT2D eigenvalue weighted by atomic mass is 16.6. The van der Waals surface area contributed by atoms with Crippen molar-refractivity contribution in [3.8, 4) is 0 Å². The van der Waals surface area contributed by atoms with E-state index in [0.717, 1.165) is 0 Å². The number of rotatable bonds is 5. The summed E-state index contributed by atoms with van der Waals surface area (Å²) in [5, 5.41) is 24.1. The second kappa shape index (κ2) is 6.83. The fourth-order valence-electron chi connectivity index (χ4n) is 1.77. The first-order valence-corrected chi connectivity index (χ1v) is 6.45. The molecule has 1 aromatic rings. The van der Waals surface area contributed by atoms with Crippen molar-refractivity contribution in [1.82, 2.24) is 5.32 Å². The number of nitrogens with zero attached hydrogens (tertiary/aromatic N) is 2. The number of nitrogens with one attached hydrogen (secondary N) is 1. The predicted molar refractivity (Wildman–Crippen MR) is 77.1 cm³/mol. The number of carbonyl (C=O) groups excluding carboxylic acids is 1. The Morgan fingerprint density at radius 1 is 1.27 bits per heavy atom. The van der Waals surface area contributed by atoms with Gasteiger partial charge in [-0.15, -0.1) is 0 Å². The smallest absolute Gasteiger partial charge is 0.408 e. The van der Waals surface area contributed by atoms with E-state index in [1.54, 1.807) is 20.8 Å². The first-order chi connectivity index (χ1) is 10.1. The van der Waals surface area contributed by atoms with Crippen molar-refractivity contribution < 1.29 is 19.4 Å². The highest BCUT2D eigenvalue weighted by Crippen LogP contribution is 2.25. The Hall–Kier alpha value is -2.71. The van der Waals surface area contributed by atoms with Crippen molar-refractivity contribution in [3.05, 3.63) is 50.1 Å². The molecule has 0 unspecified atom stereocenters. The number of nitro groups is 2. The molecule has 0 fully saturated rings. The van der Waals surface area contributed by atoms with Crippen LogP contribution in [0.25, 0.3) is 0 Å². The summed E-state index contributed by atoms with van der Waals surface area (Å²) in [6.07, 6.45) is -0.877. The molecule has 0 aliphatic heterocycles. The molecule has 0 heterocycles. The summed E-state index contributed by atoms with van der Waals surface area (Å²) in [4.78, 5) is 32.3. The van der Waals surface area contributed by atoms with Gasteiger partial charge in [0.1, 0.15) is 11.6 Å². The van der Waals surface area contributed by atoms with E-state index >= 15 is 0 Å². The van der Waals surface area contributed by atoms with Crippen LogP contribution >= 0.6 is 0 Å². The van der Waals surface area contributed by atoms with E-state index in [4.69, 9.17) is 4.74 Å². The molecule has 0 aromatic heterocycles. The Labute approximate surface area is 126 Å². The zero-order valence-electron chi connectivity index (χ0n) is 12.4.